The summed E-state index contributed by atoms with van der Waals surface area (Å²) in [6.07, 6.45) is 7.06. The van der Waals surface area contributed by atoms with E-state index in [0.717, 1.165) is 37.0 Å². The molecule has 5 heteroatoms. The summed E-state index contributed by atoms with van der Waals surface area (Å²) in [4.78, 5) is 23.3. The highest BCUT2D eigenvalue weighted by molar-refractivity contribution is 5.89. The van der Waals surface area contributed by atoms with Crippen molar-refractivity contribution in [2.45, 2.75) is 57.0 Å². The van der Waals surface area contributed by atoms with Gasteiger partial charge in [-0.05, 0) is 56.3 Å². The monoisotopic (exact) mass is 275 g/mol. The maximum Gasteiger partial charge on any atom is 0.257 e. The number of amides is 2. The molecule has 4 rings (SSSR count). The van der Waals surface area contributed by atoms with Crippen molar-refractivity contribution in [3.8, 4) is 6.07 Å². The molecular weight excluding hydrogens is 254 g/mol. The molecule has 1 atom stereocenters. The average molecular weight is 275 g/mol. The number of hydrogen-bond donors (Lipinski definition) is 2. The summed E-state index contributed by atoms with van der Waals surface area (Å²) in [6.45, 7) is 1.32. The third-order valence-electron chi connectivity index (χ3n) is 5.17. The van der Waals surface area contributed by atoms with E-state index in [2.05, 4.69) is 10.6 Å². The second kappa shape index (κ2) is 4.76. The fraction of sp³-hybridized carbons (Fsp3) is 0.800. The Morgan fingerprint density at radius 1 is 1.15 bits per heavy atom. The number of carbonyl (C=O) groups is 2. The largest absolute Gasteiger partial charge is 0.348 e. The van der Waals surface area contributed by atoms with Gasteiger partial charge < -0.3 is 10.6 Å². The summed E-state index contributed by atoms with van der Waals surface area (Å²) in [7, 11) is 0. The second-order valence-electron chi connectivity index (χ2n) is 6.95. The number of hydrogen-bond acceptors (Lipinski definition) is 3. The van der Waals surface area contributed by atoms with Gasteiger partial charge in [-0.15, -0.1) is 0 Å². The molecule has 0 saturated heterocycles. The van der Waals surface area contributed by atoms with Crippen molar-refractivity contribution in [3.05, 3.63) is 0 Å². The third kappa shape index (κ3) is 2.39. The van der Waals surface area contributed by atoms with Gasteiger partial charge in [0.05, 0.1) is 6.07 Å². The quantitative estimate of drug-likeness (QED) is 0.809. The minimum atomic E-state index is -1.07. The van der Waals surface area contributed by atoms with Crippen molar-refractivity contribution >= 4 is 11.8 Å². The summed E-state index contributed by atoms with van der Waals surface area (Å²) in [6, 6.07) is 0.803. The van der Waals surface area contributed by atoms with Crippen LogP contribution in [0.4, 0.5) is 0 Å². The Bertz CT molecular complexity index is 445. The van der Waals surface area contributed by atoms with Gasteiger partial charge in [0.25, 0.3) is 5.91 Å². The normalized spacial score (nSPS) is 38.9. The molecule has 2 amide bonds. The van der Waals surface area contributed by atoms with Gasteiger partial charge in [-0.2, -0.15) is 5.26 Å². The van der Waals surface area contributed by atoms with Crippen LogP contribution in [0.3, 0.4) is 0 Å². The fourth-order valence-corrected chi connectivity index (χ4v) is 4.96. The molecule has 4 fully saturated rings. The Kier molecular flexibility index (Phi) is 3.19. The van der Waals surface area contributed by atoms with Crippen LogP contribution in [0.25, 0.3) is 0 Å². The smallest absolute Gasteiger partial charge is 0.257 e. The molecule has 1 unspecified atom stereocenters. The highest BCUT2D eigenvalue weighted by Crippen LogP contribution is 2.55. The molecule has 4 aliphatic rings. The van der Waals surface area contributed by atoms with E-state index in [9.17, 15) is 9.59 Å². The molecule has 0 aromatic rings. The zero-order valence-electron chi connectivity index (χ0n) is 11.8. The van der Waals surface area contributed by atoms with Crippen LogP contribution in [0.2, 0.25) is 0 Å². The molecule has 4 saturated carbocycles. The van der Waals surface area contributed by atoms with Crippen LogP contribution < -0.4 is 10.6 Å². The van der Waals surface area contributed by atoms with Crippen molar-refractivity contribution in [3.63, 3.8) is 0 Å². The number of carbonyl (C=O) groups excluding carboxylic acids is 2. The van der Waals surface area contributed by atoms with Gasteiger partial charge in [-0.3, -0.25) is 9.59 Å². The van der Waals surface area contributed by atoms with Gasteiger partial charge in [0, 0.05) is 12.5 Å². The van der Waals surface area contributed by atoms with Crippen LogP contribution in [-0.4, -0.2) is 23.4 Å². The number of nitrogens with zero attached hydrogens (tertiary/aromatic N) is 1. The van der Waals surface area contributed by atoms with Gasteiger partial charge in [-0.1, -0.05) is 0 Å². The van der Waals surface area contributed by atoms with Crippen molar-refractivity contribution in [1.29, 1.82) is 5.26 Å². The predicted molar refractivity (Wildman–Crippen MR) is 72.3 cm³/mol. The van der Waals surface area contributed by atoms with E-state index in [4.69, 9.17) is 5.26 Å². The van der Waals surface area contributed by atoms with E-state index in [1.165, 1.54) is 26.2 Å². The Morgan fingerprint density at radius 2 is 1.65 bits per heavy atom. The number of nitriles is 1. The SMILES string of the molecule is CC(=O)NC(C#N)C(=O)NC12CC3CC(CC(C3)C1)C2. The van der Waals surface area contributed by atoms with Crippen molar-refractivity contribution in [1.82, 2.24) is 10.6 Å². The van der Waals surface area contributed by atoms with Gasteiger partial charge in [0.2, 0.25) is 5.91 Å². The summed E-state index contributed by atoms with van der Waals surface area (Å²) >= 11 is 0. The molecule has 0 spiro atoms. The summed E-state index contributed by atoms with van der Waals surface area (Å²) in [5, 5.41) is 14.5. The number of nitrogens with one attached hydrogen (secondary N) is 2. The topological polar surface area (TPSA) is 82.0 Å². The van der Waals surface area contributed by atoms with Gasteiger partial charge in [0.15, 0.2) is 6.04 Å². The minimum absolute atomic E-state index is 0.112. The zero-order chi connectivity index (χ0) is 14.3. The second-order valence-corrected chi connectivity index (χ2v) is 6.95. The Hall–Kier alpha value is -1.57. The Balaban J connectivity index is 1.69. The van der Waals surface area contributed by atoms with E-state index in [-0.39, 0.29) is 17.4 Å². The molecule has 108 valence electrons. The Morgan fingerprint density at radius 3 is 2.05 bits per heavy atom. The maximum absolute atomic E-state index is 12.2. The maximum atomic E-state index is 12.2. The molecule has 0 aromatic carbocycles. The molecule has 20 heavy (non-hydrogen) atoms. The molecule has 4 aliphatic carbocycles. The van der Waals surface area contributed by atoms with E-state index in [0.29, 0.717) is 0 Å². The van der Waals surface area contributed by atoms with Crippen LogP contribution in [0.5, 0.6) is 0 Å². The summed E-state index contributed by atoms with van der Waals surface area (Å²) < 4.78 is 0. The van der Waals surface area contributed by atoms with E-state index in [1.54, 1.807) is 0 Å². The molecular formula is C15H21N3O2. The molecule has 2 N–H and O–H groups in total. The van der Waals surface area contributed by atoms with Crippen molar-refractivity contribution < 1.29 is 9.59 Å². The van der Waals surface area contributed by atoms with Crippen LogP contribution in [0.1, 0.15) is 45.4 Å². The Labute approximate surface area is 119 Å². The first kappa shape index (κ1) is 13.4. The van der Waals surface area contributed by atoms with Gasteiger partial charge in [0.1, 0.15) is 0 Å². The lowest BCUT2D eigenvalue weighted by atomic mass is 9.53. The molecule has 0 heterocycles. The van der Waals surface area contributed by atoms with Crippen molar-refractivity contribution in [2.75, 3.05) is 0 Å². The lowest BCUT2D eigenvalue weighted by molar-refractivity contribution is -0.130. The molecule has 0 aromatic heterocycles. The van der Waals surface area contributed by atoms with Crippen LogP contribution >= 0.6 is 0 Å². The van der Waals surface area contributed by atoms with E-state index < -0.39 is 6.04 Å². The first-order chi connectivity index (χ1) is 9.49. The zero-order valence-corrected chi connectivity index (χ0v) is 11.8. The summed E-state index contributed by atoms with van der Waals surface area (Å²) in [5.74, 6) is 1.52. The standard InChI is InChI=1S/C15H21N3O2/c1-9(19)17-13(8-16)14(20)18-15-5-10-2-11(6-15)4-12(3-10)7-15/h10-13H,2-7H2,1H3,(H,17,19)(H,18,20). The average Bonchev–Trinajstić information content (AvgIpc) is 2.33. The first-order valence-corrected chi connectivity index (χ1v) is 7.48. The van der Waals surface area contributed by atoms with Crippen molar-refractivity contribution in [2.24, 2.45) is 17.8 Å². The fourth-order valence-electron chi connectivity index (χ4n) is 4.96. The third-order valence-corrected chi connectivity index (χ3v) is 5.17. The van der Waals surface area contributed by atoms with Crippen LogP contribution in [-0.2, 0) is 9.59 Å². The minimum Gasteiger partial charge on any atom is -0.348 e. The van der Waals surface area contributed by atoms with Crippen LogP contribution in [0, 0.1) is 29.1 Å². The summed E-state index contributed by atoms with van der Waals surface area (Å²) in [5.41, 5.74) is -0.112. The predicted octanol–water partition coefficient (Wildman–Crippen LogP) is 1.10. The lowest BCUT2D eigenvalue weighted by Crippen LogP contribution is -2.62. The lowest BCUT2D eigenvalue weighted by Gasteiger charge is -2.57. The van der Waals surface area contributed by atoms with Crippen LogP contribution in [0.15, 0.2) is 0 Å². The molecule has 0 radical (unpaired) electrons. The number of rotatable bonds is 3. The van der Waals surface area contributed by atoms with Gasteiger partial charge >= 0.3 is 0 Å². The first-order valence-electron chi connectivity index (χ1n) is 7.48. The highest BCUT2D eigenvalue weighted by atomic mass is 16.2. The van der Waals surface area contributed by atoms with Gasteiger partial charge in [-0.25, -0.2) is 0 Å². The molecule has 5 nitrogen and oxygen atoms in total. The van der Waals surface area contributed by atoms with E-state index in [1.807, 2.05) is 6.07 Å². The molecule has 0 aliphatic heterocycles. The van der Waals surface area contributed by atoms with E-state index >= 15 is 0 Å². The highest BCUT2D eigenvalue weighted by Gasteiger charge is 2.51. The molecule has 4 bridgehead atoms.